The Kier molecular flexibility index (Phi) is 5.23. The van der Waals surface area contributed by atoms with E-state index in [1.165, 1.54) is 4.90 Å². The zero-order valence-electron chi connectivity index (χ0n) is 14.0. The number of amides is 1. The van der Waals surface area contributed by atoms with Gasteiger partial charge < -0.3 is 14.6 Å². The number of unbranched alkanes of at least 4 members (excludes halogenated alkanes) is 1. The van der Waals surface area contributed by atoms with E-state index in [1.54, 1.807) is 10.6 Å². The fourth-order valence-corrected chi connectivity index (χ4v) is 3.05. The number of hydrogen-bond acceptors (Lipinski definition) is 3. The lowest BCUT2D eigenvalue weighted by molar-refractivity contribution is -0.141. The number of likely N-dealkylation sites (tertiary alicyclic amines) is 1. The van der Waals surface area contributed by atoms with Gasteiger partial charge in [-0.15, -0.1) is 0 Å². The minimum absolute atomic E-state index is 0.0809. The predicted molar refractivity (Wildman–Crippen MR) is 86.8 cm³/mol. The molecule has 2 heterocycles. The maximum Gasteiger partial charge on any atom is 0.326 e. The Labute approximate surface area is 135 Å². The number of nitrogens with zero attached hydrogens (tertiary/aromatic N) is 2. The van der Waals surface area contributed by atoms with E-state index in [9.17, 15) is 19.5 Å². The minimum atomic E-state index is -1.01. The van der Waals surface area contributed by atoms with Crippen LogP contribution in [0.4, 0.5) is 0 Å². The first kappa shape index (κ1) is 17.2. The fourth-order valence-electron chi connectivity index (χ4n) is 3.05. The van der Waals surface area contributed by atoms with Crippen LogP contribution in [0.1, 0.15) is 54.2 Å². The van der Waals surface area contributed by atoms with Gasteiger partial charge in [0.05, 0.1) is 0 Å². The van der Waals surface area contributed by atoms with Crippen LogP contribution >= 0.6 is 0 Å². The van der Waals surface area contributed by atoms with Crippen LogP contribution < -0.4 is 5.56 Å². The molecular formula is C17H24N2O4. The van der Waals surface area contributed by atoms with Crippen molar-refractivity contribution < 1.29 is 14.7 Å². The molecular weight excluding hydrogens is 296 g/mol. The topological polar surface area (TPSA) is 79.6 Å². The Morgan fingerprint density at radius 1 is 1.35 bits per heavy atom. The molecule has 1 saturated heterocycles. The summed E-state index contributed by atoms with van der Waals surface area (Å²) in [4.78, 5) is 38.0. The van der Waals surface area contributed by atoms with Crippen LogP contribution in [0.25, 0.3) is 0 Å². The molecule has 1 atom stereocenters. The molecule has 1 aliphatic rings. The standard InChI is InChI=1S/C17H24N2O4/c1-4-5-8-18-12(3)11(2)10-13(15(18)20)16(21)19-9-6-7-14(19)17(22)23/h10,14H,4-9H2,1-3H3,(H,22,23)/t14-/m1/s1. The maximum atomic E-state index is 12.7. The molecule has 0 aromatic carbocycles. The lowest BCUT2D eigenvalue weighted by Gasteiger charge is -2.22. The minimum Gasteiger partial charge on any atom is -0.480 e. The summed E-state index contributed by atoms with van der Waals surface area (Å²) in [6, 6.07) is 0.771. The van der Waals surface area contributed by atoms with E-state index in [4.69, 9.17) is 0 Å². The molecule has 0 aliphatic carbocycles. The van der Waals surface area contributed by atoms with Crippen molar-refractivity contribution in [3.8, 4) is 0 Å². The number of aliphatic carboxylic acids is 1. The predicted octanol–water partition coefficient (Wildman–Crippen LogP) is 1.95. The van der Waals surface area contributed by atoms with Gasteiger partial charge in [-0.1, -0.05) is 13.3 Å². The van der Waals surface area contributed by atoms with Gasteiger partial charge >= 0.3 is 5.97 Å². The first-order valence-electron chi connectivity index (χ1n) is 8.13. The zero-order chi connectivity index (χ0) is 17.1. The molecule has 1 aliphatic heterocycles. The zero-order valence-corrected chi connectivity index (χ0v) is 14.0. The van der Waals surface area contributed by atoms with E-state index in [2.05, 4.69) is 0 Å². The van der Waals surface area contributed by atoms with Crippen LogP contribution in [0.3, 0.4) is 0 Å². The van der Waals surface area contributed by atoms with Crippen molar-refractivity contribution in [2.24, 2.45) is 0 Å². The monoisotopic (exact) mass is 320 g/mol. The smallest absolute Gasteiger partial charge is 0.326 e. The van der Waals surface area contributed by atoms with Crippen molar-refractivity contribution in [2.75, 3.05) is 6.54 Å². The Hall–Kier alpha value is -2.11. The van der Waals surface area contributed by atoms with Crippen LogP contribution in [0.5, 0.6) is 0 Å². The maximum absolute atomic E-state index is 12.7. The Morgan fingerprint density at radius 2 is 2.04 bits per heavy atom. The summed E-state index contributed by atoms with van der Waals surface area (Å²) in [5.74, 6) is -1.47. The van der Waals surface area contributed by atoms with Crippen molar-refractivity contribution in [1.82, 2.24) is 9.47 Å². The first-order valence-corrected chi connectivity index (χ1v) is 8.13. The summed E-state index contributed by atoms with van der Waals surface area (Å²) >= 11 is 0. The molecule has 1 aromatic rings. The van der Waals surface area contributed by atoms with Gasteiger partial charge in [0.1, 0.15) is 11.6 Å². The lowest BCUT2D eigenvalue weighted by atomic mass is 10.1. The van der Waals surface area contributed by atoms with Crippen LogP contribution in [-0.2, 0) is 11.3 Å². The van der Waals surface area contributed by atoms with Crippen LogP contribution in [-0.4, -0.2) is 39.0 Å². The number of pyridine rings is 1. The lowest BCUT2D eigenvalue weighted by Crippen LogP contribution is -2.43. The third-order valence-corrected chi connectivity index (χ3v) is 4.58. The number of carboxylic acids is 1. The summed E-state index contributed by atoms with van der Waals surface area (Å²) in [6.07, 6.45) is 2.91. The van der Waals surface area contributed by atoms with Crippen molar-refractivity contribution in [3.63, 3.8) is 0 Å². The molecule has 0 saturated carbocycles. The van der Waals surface area contributed by atoms with Gasteiger partial charge in [0.25, 0.3) is 11.5 Å². The molecule has 0 bridgehead atoms. The fraction of sp³-hybridized carbons (Fsp3) is 0.588. The normalized spacial score (nSPS) is 17.5. The molecule has 1 N–H and O–H groups in total. The molecule has 0 spiro atoms. The van der Waals surface area contributed by atoms with Crippen LogP contribution in [0.15, 0.2) is 10.9 Å². The molecule has 1 amide bonds. The number of carbonyl (C=O) groups excluding carboxylic acids is 1. The van der Waals surface area contributed by atoms with Crippen molar-refractivity contribution >= 4 is 11.9 Å². The highest BCUT2D eigenvalue weighted by Crippen LogP contribution is 2.20. The van der Waals surface area contributed by atoms with E-state index >= 15 is 0 Å². The Morgan fingerprint density at radius 3 is 2.65 bits per heavy atom. The summed E-state index contributed by atoms with van der Waals surface area (Å²) < 4.78 is 1.64. The van der Waals surface area contributed by atoms with Crippen LogP contribution in [0.2, 0.25) is 0 Å². The molecule has 1 fully saturated rings. The highest BCUT2D eigenvalue weighted by Gasteiger charge is 2.35. The van der Waals surface area contributed by atoms with Crippen molar-refractivity contribution in [2.45, 2.75) is 59.0 Å². The van der Waals surface area contributed by atoms with E-state index in [0.717, 1.165) is 24.1 Å². The summed E-state index contributed by atoms with van der Waals surface area (Å²) in [5.41, 5.74) is 1.49. The second kappa shape index (κ2) is 6.98. The average molecular weight is 320 g/mol. The van der Waals surface area contributed by atoms with Gasteiger partial charge in [-0.05, 0) is 44.7 Å². The Bertz CT molecular complexity index is 678. The SMILES string of the molecule is CCCCn1c(C)c(C)cc(C(=O)N2CCC[C@@H]2C(=O)O)c1=O. The number of aryl methyl sites for hydroxylation is 1. The molecule has 1 aromatic heterocycles. The van der Waals surface area contributed by atoms with Crippen molar-refractivity contribution in [1.29, 1.82) is 0 Å². The molecule has 0 radical (unpaired) electrons. The highest BCUT2D eigenvalue weighted by molar-refractivity contribution is 5.96. The van der Waals surface area contributed by atoms with Gasteiger partial charge in [-0.25, -0.2) is 4.79 Å². The van der Waals surface area contributed by atoms with E-state index in [0.29, 0.717) is 25.9 Å². The highest BCUT2D eigenvalue weighted by atomic mass is 16.4. The summed E-state index contributed by atoms with van der Waals surface area (Å²) in [6.45, 7) is 6.75. The molecule has 23 heavy (non-hydrogen) atoms. The van der Waals surface area contributed by atoms with Gasteiger partial charge in [-0.3, -0.25) is 9.59 Å². The average Bonchev–Trinajstić information content (AvgIpc) is 3.00. The number of carboxylic acid groups (broad SMARTS) is 1. The van der Waals surface area contributed by atoms with Crippen molar-refractivity contribution in [3.05, 3.63) is 33.2 Å². The number of rotatable bonds is 5. The third-order valence-electron chi connectivity index (χ3n) is 4.58. The molecule has 2 rings (SSSR count). The van der Waals surface area contributed by atoms with E-state index < -0.39 is 17.9 Å². The number of hydrogen-bond donors (Lipinski definition) is 1. The van der Waals surface area contributed by atoms with Gasteiger partial charge in [0.15, 0.2) is 0 Å². The molecule has 0 unspecified atom stereocenters. The third kappa shape index (κ3) is 3.30. The summed E-state index contributed by atoms with van der Waals surface area (Å²) in [5, 5.41) is 9.24. The van der Waals surface area contributed by atoms with Gasteiger partial charge in [0, 0.05) is 18.8 Å². The van der Waals surface area contributed by atoms with Gasteiger partial charge in [0.2, 0.25) is 0 Å². The first-order chi connectivity index (χ1) is 10.9. The molecule has 6 heteroatoms. The molecule has 126 valence electrons. The second-order valence-electron chi connectivity index (χ2n) is 6.13. The number of carbonyl (C=O) groups is 2. The number of aromatic nitrogens is 1. The van der Waals surface area contributed by atoms with Gasteiger partial charge in [-0.2, -0.15) is 0 Å². The summed E-state index contributed by atoms with van der Waals surface area (Å²) in [7, 11) is 0. The van der Waals surface area contributed by atoms with E-state index in [1.807, 2.05) is 20.8 Å². The van der Waals surface area contributed by atoms with Crippen LogP contribution in [0, 0.1) is 13.8 Å². The quantitative estimate of drug-likeness (QED) is 0.899. The van der Waals surface area contributed by atoms with E-state index in [-0.39, 0.29) is 11.1 Å². The Balaban J connectivity index is 2.43. The molecule has 6 nitrogen and oxygen atoms in total. The second-order valence-corrected chi connectivity index (χ2v) is 6.13. The largest absolute Gasteiger partial charge is 0.480 e.